The largest absolute Gasteiger partial charge is 0.481 e. The van der Waals surface area contributed by atoms with Crippen molar-refractivity contribution in [2.75, 3.05) is 33.0 Å². The fourth-order valence-corrected chi connectivity index (χ4v) is 17.5. The number of ether oxygens (including phenoxy) is 10. The summed E-state index contributed by atoms with van der Waals surface area (Å²) in [5.41, 5.74) is -0.917. The van der Waals surface area contributed by atoms with E-state index >= 15 is 0 Å². The van der Waals surface area contributed by atoms with E-state index in [1.807, 2.05) is 6.92 Å². The monoisotopic (exact) mass is 1210 g/mol. The molecule has 0 radical (unpaired) electrons. The summed E-state index contributed by atoms with van der Waals surface area (Å²) in [4.78, 5) is 13.2. The number of hydrogen-bond acceptors (Lipinski definition) is 25. The van der Waals surface area contributed by atoms with Gasteiger partial charge in [-0.05, 0) is 111 Å². The lowest BCUT2D eigenvalue weighted by Crippen LogP contribution is -2.67. The van der Waals surface area contributed by atoms with Gasteiger partial charge in [0, 0.05) is 5.41 Å². The van der Waals surface area contributed by atoms with Gasteiger partial charge in [0.05, 0.1) is 50.7 Å². The van der Waals surface area contributed by atoms with E-state index in [-0.39, 0.29) is 52.6 Å². The van der Waals surface area contributed by atoms with Crippen LogP contribution in [0, 0.1) is 50.2 Å². The molecule has 0 spiro atoms. The molecule has 0 aromatic carbocycles. The molecule has 10 rings (SSSR count). The molecule has 5 heterocycles. The van der Waals surface area contributed by atoms with Crippen molar-refractivity contribution in [3.05, 3.63) is 11.6 Å². The smallest absolute Gasteiger partial charge is 0.310 e. The van der Waals surface area contributed by atoms with Crippen molar-refractivity contribution in [3.8, 4) is 0 Å². The lowest BCUT2D eigenvalue weighted by Gasteiger charge is -2.71. The number of aliphatic hydroxyl groups is 14. The van der Waals surface area contributed by atoms with Gasteiger partial charge in [0.2, 0.25) is 0 Å². The maximum absolute atomic E-state index is 13.2. The van der Waals surface area contributed by atoms with Gasteiger partial charge in [-0.1, -0.05) is 53.2 Å². The van der Waals surface area contributed by atoms with E-state index in [2.05, 4.69) is 40.7 Å². The highest BCUT2D eigenvalue weighted by Crippen LogP contribution is 2.76. The summed E-state index contributed by atoms with van der Waals surface area (Å²) in [6.45, 7) is 12.2. The number of aliphatic hydroxyl groups excluding tert-OH is 14. The number of hydrogen-bond donors (Lipinski definition) is 15. The average Bonchev–Trinajstić information content (AvgIpc) is 0.685. The van der Waals surface area contributed by atoms with E-state index in [1.165, 1.54) is 12.5 Å². The molecule has 15 N–H and O–H groups in total. The first-order valence-electron chi connectivity index (χ1n) is 30.2. The Hall–Kier alpha value is -1.75. The summed E-state index contributed by atoms with van der Waals surface area (Å²) in [7, 11) is 0. The van der Waals surface area contributed by atoms with Crippen LogP contribution in [0.3, 0.4) is 0 Å². The lowest BCUT2D eigenvalue weighted by atomic mass is 9.33. The first kappa shape index (κ1) is 65.2. The fourth-order valence-electron chi connectivity index (χ4n) is 17.5. The van der Waals surface area contributed by atoms with Crippen molar-refractivity contribution in [2.45, 2.75) is 260 Å². The van der Waals surface area contributed by atoms with Crippen molar-refractivity contribution in [2.24, 2.45) is 50.2 Å². The maximum atomic E-state index is 13.2. The molecule has 32 atom stereocenters. The Balaban J connectivity index is 0.799. The van der Waals surface area contributed by atoms with Gasteiger partial charge in [-0.25, -0.2) is 0 Å². The van der Waals surface area contributed by atoms with E-state index in [1.54, 1.807) is 0 Å². The first-order chi connectivity index (χ1) is 39.4. The van der Waals surface area contributed by atoms with Gasteiger partial charge in [-0.15, -0.1) is 0 Å². The second-order valence-corrected chi connectivity index (χ2v) is 28.0. The van der Waals surface area contributed by atoms with Crippen molar-refractivity contribution in [1.29, 1.82) is 0 Å². The van der Waals surface area contributed by atoms with Gasteiger partial charge >= 0.3 is 5.97 Å². The normalized spacial score (nSPS) is 54.9. The highest BCUT2D eigenvalue weighted by molar-refractivity contribution is 5.76. The summed E-state index contributed by atoms with van der Waals surface area (Å²) >= 11 is 0. The number of carboxylic acids is 1. The molecule has 10 aliphatic rings. The minimum atomic E-state index is -2.00. The average molecular weight is 1210 g/mol. The standard InChI is InChI=1S/C58H94O26/c1-24-34(63)44(82-47-40(69)37(66)30(22-76-47)80-50-43(72)45(38(67)29(20-60)79-50)83-48-41(70)39(68)36(65)28(19-59)78-48)42(71)49(77-24)84-46-35(64)27(62)21-75-51(46)81-33-11-12-54(4)31(55(33,5)23-61)10-13-57(7)32(54)9-8-25-26-18-53(2,3)14-16-58(26,52(73)74)17-15-56(25,57)6/h8,24,26-51,59-72H,9-23H2,1-7H3,(H,73,74). The molecule has 0 bridgehead atoms. The van der Waals surface area contributed by atoms with Crippen LogP contribution in [0.1, 0.15) is 113 Å². The number of fused-ring (bicyclic) bond motifs is 7. The van der Waals surface area contributed by atoms with Gasteiger partial charge < -0.3 is 124 Å². The van der Waals surface area contributed by atoms with Crippen LogP contribution in [0.2, 0.25) is 0 Å². The van der Waals surface area contributed by atoms with E-state index in [9.17, 15) is 81.4 Å². The lowest BCUT2D eigenvalue weighted by molar-refractivity contribution is -0.387. The van der Waals surface area contributed by atoms with Gasteiger partial charge in [-0.3, -0.25) is 4.79 Å². The van der Waals surface area contributed by atoms with Gasteiger partial charge in [0.1, 0.15) is 104 Å². The summed E-state index contributed by atoms with van der Waals surface area (Å²) in [6, 6.07) is 0. The Morgan fingerprint density at radius 3 is 1.80 bits per heavy atom. The van der Waals surface area contributed by atoms with E-state index in [0.29, 0.717) is 19.3 Å². The molecule has 84 heavy (non-hydrogen) atoms. The number of aliphatic carboxylic acids is 1. The number of carboxylic acid groups (broad SMARTS) is 1. The molecule has 5 aliphatic carbocycles. The minimum Gasteiger partial charge on any atom is -0.481 e. The van der Waals surface area contributed by atoms with Crippen LogP contribution in [-0.2, 0) is 52.2 Å². The van der Waals surface area contributed by atoms with Crippen molar-refractivity contribution >= 4 is 5.97 Å². The van der Waals surface area contributed by atoms with Gasteiger partial charge in [0.15, 0.2) is 31.5 Å². The SMILES string of the molecule is CC1OC(OC2C(OC3CCC4(C)C(CCC5(C)C4CC=C4C6CC(C)(C)CCC6(C(=O)O)CCC45C)C3(C)CO)OCC(O)C2O)C(O)C(OC2OCC(OC3OC(CO)C(O)C(OC4OC(CO)C(O)C(O)C4O)C3O)C(O)C2O)C1O. The molecule has 32 unspecified atom stereocenters. The molecule has 0 aromatic heterocycles. The molecule has 26 heteroatoms. The van der Waals surface area contributed by atoms with Crippen LogP contribution < -0.4 is 0 Å². The van der Waals surface area contributed by atoms with Crippen LogP contribution in [0.4, 0.5) is 0 Å². The van der Waals surface area contributed by atoms with Crippen LogP contribution in [-0.4, -0.2) is 263 Å². The van der Waals surface area contributed by atoms with E-state index < -0.39 is 184 Å². The quantitative estimate of drug-likeness (QED) is 0.0639. The molecule has 0 amide bonds. The Morgan fingerprint density at radius 2 is 1.14 bits per heavy atom. The maximum Gasteiger partial charge on any atom is 0.310 e. The Labute approximate surface area is 488 Å². The summed E-state index contributed by atoms with van der Waals surface area (Å²) in [5.74, 6) is -0.554. The topological polar surface area (TPSA) is 413 Å². The zero-order valence-electron chi connectivity index (χ0n) is 49.0. The summed E-state index contributed by atoms with van der Waals surface area (Å²) in [5, 5.41) is 164. The molecule has 5 aliphatic heterocycles. The molecular weight excluding hydrogens is 1110 g/mol. The third-order valence-electron chi connectivity index (χ3n) is 22.9. The minimum absolute atomic E-state index is 0.0258. The van der Waals surface area contributed by atoms with Gasteiger partial charge in [-0.2, -0.15) is 0 Å². The highest BCUT2D eigenvalue weighted by atomic mass is 16.8. The third-order valence-corrected chi connectivity index (χ3v) is 22.9. The van der Waals surface area contributed by atoms with E-state index in [4.69, 9.17) is 47.4 Å². The molecule has 9 fully saturated rings. The van der Waals surface area contributed by atoms with Crippen molar-refractivity contribution in [3.63, 3.8) is 0 Å². The van der Waals surface area contributed by atoms with E-state index in [0.717, 1.165) is 44.9 Å². The van der Waals surface area contributed by atoms with Crippen molar-refractivity contribution < 1.29 is 129 Å². The zero-order valence-corrected chi connectivity index (χ0v) is 49.0. The second kappa shape index (κ2) is 24.1. The predicted octanol–water partition coefficient (Wildman–Crippen LogP) is -2.37. The second-order valence-electron chi connectivity index (χ2n) is 28.0. The number of carbonyl (C=O) groups is 1. The van der Waals surface area contributed by atoms with Crippen LogP contribution in [0.25, 0.3) is 0 Å². The van der Waals surface area contributed by atoms with Crippen LogP contribution >= 0.6 is 0 Å². The highest BCUT2D eigenvalue weighted by Gasteiger charge is 2.70. The molecule has 0 aromatic rings. The molecule has 4 saturated carbocycles. The Bertz CT molecular complexity index is 2330. The Morgan fingerprint density at radius 1 is 0.560 bits per heavy atom. The number of allylic oxidation sites excluding steroid dienone is 2. The summed E-state index contributed by atoms with van der Waals surface area (Å²) < 4.78 is 59.2. The molecule has 482 valence electrons. The molecular formula is C58H94O26. The van der Waals surface area contributed by atoms with Gasteiger partial charge in [0.25, 0.3) is 0 Å². The first-order valence-corrected chi connectivity index (χ1v) is 30.2. The zero-order chi connectivity index (χ0) is 61.1. The number of rotatable bonds is 14. The Kier molecular flexibility index (Phi) is 18.7. The fraction of sp³-hybridized carbons (Fsp3) is 0.948. The summed E-state index contributed by atoms with van der Waals surface area (Å²) in [6.07, 6.45) is -29.9. The van der Waals surface area contributed by atoms with Crippen LogP contribution in [0.15, 0.2) is 11.6 Å². The molecule has 5 saturated heterocycles. The predicted molar refractivity (Wildman–Crippen MR) is 284 cm³/mol. The van der Waals surface area contributed by atoms with Crippen LogP contribution in [0.5, 0.6) is 0 Å². The van der Waals surface area contributed by atoms with Crippen molar-refractivity contribution in [1.82, 2.24) is 0 Å². The third kappa shape index (κ3) is 10.8. The molecule has 26 nitrogen and oxygen atoms in total.